The Bertz CT molecular complexity index is 647. The molecule has 6 nitrogen and oxygen atoms in total. The van der Waals surface area contributed by atoms with Crippen molar-refractivity contribution in [1.82, 2.24) is 15.2 Å². The monoisotopic (exact) mass is 407 g/mol. The van der Waals surface area contributed by atoms with E-state index < -0.39 is 0 Å². The Morgan fingerprint density at radius 2 is 2.07 bits per heavy atom. The summed E-state index contributed by atoms with van der Waals surface area (Å²) in [6.07, 6.45) is 8.87. The lowest BCUT2D eigenvalue weighted by Gasteiger charge is -2.28. The zero-order chi connectivity index (χ0) is 20.0. The second-order valence-corrected chi connectivity index (χ2v) is 9.87. The van der Waals surface area contributed by atoms with E-state index >= 15 is 0 Å². The van der Waals surface area contributed by atoms with E-state index in [0.717, 1.165) is 50.3 Å². The van der Waals surface area contributed by atoms with Crippen molar-refractivity contribution in [2.75, 3.05) is 33.1 Å². The first-order valence-electron chi connectivity index (χ1n) is 10.3. The standard InChI is InChI=1S/C21H35N4O2S/c1-17-22-18-15-28-19(21(18)23-17)9-4-5-10-20(26)27-16-25(2,3)14-8-13-24-11-6-7-12-24/h6-7,11-12,18-19,21-23H,1,4-5,8-10,13-16H2,2-3H3/q+1/t18-,19-,21-/m0/s1. The molecular formula is C21H35N4O2S+. The largest absolute Gasteiger partial charge is 0.415 e. The highest BCUT2D eigenvalue weighted by atomic mass is 32.2. The van der Waals surface area contributed by atoms with Gasteiger partial charge in [0, 0.05) is 42.8 Å². The van der Waals surface area contributed by atoms with E-state index in [9.17, 15) is 4.79 Å². The quantitative estimate of drug-likeness (QED) is 0.256. The predicted molar refractivity (Wildman–Crippen MR) is 115 cm³/mol. The first-order chi connectivity index (χ1) is 13.4. The normalized spacial score (nSPS) is 23.9. The second kappa shape index (κ2) is 9.74. The Morgan fingerprint density at radius 3 is 2.86 bits per heavy atom. The average molecular weight is 408 g/mol. The van der Waals surface area contributed by atoms with Gasteiger partial charge in [-0.1, -0.05) is 13.0 Å². The van der Waals surface area contributed by atoms with Gasteiger partial charge in [0.05, 0.1) is 38.5 Å². The number of carbonyl (C=O) groups is 1. The summed E-state index contributed by atoms with van der Waals surface area (Å²) in [6, 6.07) is 5.10. The molecular weight excluding hydrogens is 372 g/mol. The van der Waals surface area contributed by atoms with Crippen molar-refractivity contribution in [3.05, 3.63) is 36.9 Å². The van der Waals surface area contributed by atoms with Gasteiger partial charge in [-0.25, -0.2) is 0 Å². The number of rotatable bonds is 11. The van der Waals surface area contributed by atoms with Crippen molar-refractivity contribution in [2.24, 2.45) is 0 Å². The highest BCUT2D eigenvalue weighted by Gasteiger charge is 2.40. The van der Waals surface area contributed by atoms with Gasteiger partial charge in [-0.15, -0.1) is 0 Å². The number of unbranched alkanes of at least 4 members (excludes halogenated alkanes) is 1. The molecule has 2 aliphatic rings. The Balaban J connectivity index is 1.24. The van der Waals surface area contributed by atoms with E-state index in [-0.39, 0.29) is 5.97 Å². The highest BCUT2D eigenvalue weighted by molar-refractivity contribution is 8.00. The summed E-state index contributed by atoms with van der Waals surface area (Å²) in [4.78, 5) is 12.1. The molecule has 3 heterocycles. The summed E-state index contributed by atoms with van der Waals surface area (Å²) >= 11 is 2.03. The predicted octanol–water partition coefficient (Wildman–Crippen LogP) is 2.53. The molecule has 0 bridgehead atoms. The molecule has 2 N–H and O–H groups in total. The Morgan fingerprint density at radius 1 is 1.29 bits per heavy atom. The van der Waals surface area contributed by atoms with Gasteiger partial charge < -0.3 is 19.9 Å². The SMILES string of the molecule is C=C1N[C@H]2[C@H](CS[C@H]2CCCCC(=O)OC[N+](C)(C)CCCn2cccc2)N1. The molecule has 2 fully saturated rings. The van der Waals surface area contributed by atoms with Crippen LogP contribution in [0.25, 0.3) is 0 Å². The van der Waals surface area contributed by atoms with Gasteiger partial charge in [-0.3, -0.25) is 9.28 Å². The average Bonchev–Trinajstić information content (AvgIpc) is 3.35. The molecule has 156 valence electrons. The smallest absolute Gasteiger partial charge is 0.310 e. The molecule has 0 aliphatic carbocycles. The van der Waals surface area contributed by atoms with Crippen molar-refractivity contribution in [3.63, 3.8) is 0 Å². The third kappa shape index (κ3) is 6.21. The maximum Gasteiger partial charge on any atom is 0.310 e. The molecule has 0 amide bonds. The molecule has 1 aromatic heterocycles. The Hall–Kier alpha value is -1.60. The van der Waals surface area contributed by atoms with E-state index in [4.69, 9.17) is 4.74 Å². The van der Waals surface area contributed by atoms with Crippen LogP contribution in [-0.4, -0.2) is 65.5 Å². The van der Waals surface area contributed by atoms with Crippen molar-refractivity contribution < 1.29 is 14.0 Å². The maximum absolute atomic E-state index is 12.1. The van der Waals surface area contributed by atoms with Gasteiger partial charge in [0.25, 0.3) is 0 Å². The lowest BCUT2D eigenvalue weighted by atomic mass is 10.0. The number of aromatic nitrogens is 1. The van der Waals surface area contributed by atoms with Crippen LogP contribution in [0.3, 0.4) is 0 Å². The third-order valence-electron chi connectivity index (χ3n) is 5.56. The van der Waals surface area contributed by atoms with Crippen LogP contribution >= 0.6 is 11.8 Å². The van der Waals surface area contributed by atoms with E-state index in [2.05, 4.69) is 48.3 Å². The highest BCUT2D eigenvalue weighted by Crippen LogP contribution is 2.34. The first-order valence-corrected chi connectivity index (χ1v) is 11.4. The van der Waals surface area contributed by atoms with Crippen molar-refractivity contribution in [2.45, 2.75) is 56.0 Å². The Labute approximate surface area is 173 Å². The van der Waals surface area contributed by atoms with Crippen LogP contribution in [0.1, 0.15) is 32.1 Å². The third-order valence-corrected chi connectivity index (χ3v) is 7.07. The van der Waals surface area contributed by atoms with Crippen LogP contribution in [-0.2, 0) is 16.1 Å². The Kier molecular flexibility index (Phi) is 7.35. The molecule has 0 radical (unpaired) electrons. The lowest BCUT2D eigenvalue weighted by Crippen LogP contribution is -2.43. The van der Waals surface area contributed by atoms with Crippen molar-refractivity contribution in [1.29, 1.82) is 0 Å². The lowest BCUT2D eigenvalue weighted by molar-refractivity contribution is -0.907. The van der Waals surface area contributed by atoms with Crippen LogP contribution in [0.5, 0.6) is 0 Å². The van der Waals surface area contributed by atoms with Gasteiger partial charge in [0.15, 0.2) is 0 Å². The number of carbonyl (C=O) groups excluding carboxylic acids is 1. The van der Waals surface area contributed by atoms with E-state index in [1.807, 2.05) is 23.9 Å². The van der Waals surface area contributed by atoms with Crippen LogP contribution in [0.2, 0.25) is 0 Å². The zero-order valence-electron chi connectivity index (χ0n) is 17.2. The number of hydrogen-bond acceptors (Lipinski definition) is 5. The molecule has 2 saturated heterocycles. The molecule has 3 rings (SSSR count). The second-order valence-electron chi connectivity index (χ2n) is 8.60. The van der Waals surface area contributed by atoms with Crippen LogP contribution < -0.4 is 10.6 Å². The van der Waals surface area contributed by atoms with E-state index in [0.29, 0.717) is 35.0 Å². The zero-order valence-corrected chi connectivity index (χ0v) is 18.0. The number of thioether (sulfide) groups is 1. The number of quaternary nitrogens is 1. The summed E-state index contributed by atoms with van der Waals surface area (Å²) in [6.45, 7) is 6.40. The molecule has 0 aromatic carbocycles. The number of aryl methyl sites for hydroxylation is 1. The number of esters is 1. The van der Waals surface area contributed by atoms with Crippen LogP contribution in [0.4, 0.5) is 0 Å². The fourth-order valence-corrected chi connectivity index (χ4v) is 5.49. The van der Waals surface area contributed by atoms with Gasteiger partial charge >= 0.3 is 5.97 Å². The molecule has 7 heteroatoms. The fourth-order valence-electron chi connectivity index (χ4n) is 3.95. The number of nitrogens with zero attached hydrogens (tertiary/aromatic N) is 2. The topological polar surface area (TPSA) is 55.3 Å². The van der Waals surface area contributed by atoms with Gasteiger partial charge in [-0.2, -0.15) is 11.8 Å². The van der Waals surface area contributed by atoms with E-state index in [1.165, 1.54) is 0 Å². The summed E-state index contributed by atoms with van der Waals surface area (Å²) in [5.41, 5.74) is 0. The number of nitrogens with one attached hydrogen (secondary N) is 2. The molecule has 0 spiro atoms. The molecule has 28 heavy (non-hydrogen) atoms. The summed E-state index contributed by atoms with van der Waals surface area (Å²) in [5.74, 6) is 2.03. The van der Waals surface area contributed by atoms with Gasteiger partial charge in [-0.05, 0) is 25.0 Å². The minimum absolute atomic E-state index is 0.0670. The summed E-state index contributed by atoms with van der Waals surface area (Å²) in [7, 11) is 4.24. The molecule has 0 saturated carbocycles. The first kappa shape index (κ1) is 21.1. The number of fused-ring (bicyclic) bond motifs is 1. The van der Waals surface area contributed by atoms with E-state index in [1.54, 1.807) is 0 Å². The number of ether oxygens (including phenoxy) is 1. The fraction of sp³-hybridized carbons (Fsp3) is 0.667. The van der Waals surface area contributed by atoms with Crippen molar-refractivity contribution >= 4 is 17.7 Å². The van der Waals surface area contributed by atoms with Crippen molar-refractivity contribution in [3.8, 4) is 0 Å². The molecule has 3 atom stereocenters. The maximum atomic E-state index is 12.1. The molecule has 1 aromatic rings. The molecule has 2 aliphatic heterocycles. The molecule has 0 unspecified atom stereocenters. The minimum atomic E-state index is -0.0670. The minimum Gasteiger partial charge on any atom is -0.415 e. The summed E-state index contributed by atoms with van der Waals surface area (Å²) < 4.78 is 8.43. The van der Waals surface area contributed by atoms with Crippen LogP contribution in [0.15, 0.2) is 36.9 Å². The van der Waals surface area contributed by atoms with Crippen LogP contribution in [0, 0.1) is 0 Å². The van der Waals surface area contributed by atoms with Gasteiger partial charge in [0.1, 0.15) is 0 Å². The van der Waals surface area contributed by atoms with Gasteiger partial charge in [0.2, 0.25) is 6.73 Å². The number of hydrogen-bond donors (Lipinski definition) is 2. The summed E-state index contributed by atoms with van der Waals surface area (Å²) in [5, 5.41) is 7.47.